The summed E-state index contributed by atoms with van der Waals surface area (Å²) in [6, 6.07) is 9.75. The standard InChI is InChI=1S/C15H23N3O2S/c1-4-18(21(3,19)20)10-6-9-17-13(2)15-8-5-7-14(11-15)12-16/h5,7-8,11,13,17H,4,6,9-10H2,1-3H3. The first-order valence-electron chi connectivity index (χ1n) is 7.07. The lowest BCUT2D eigenvalue weighted by Crippen LogP contribution is -2.32. The zero-order valence-corrected chi connectivity index (χ0v) is 13.7. The van der Waals surface area contributed by atoms with Gasteiger partial charge in [-0.3, -0.25) is 0 Å². The van der Waals surface area contributed by atoms with Crippen LogP contribution in [0.4, 0.5) is 0 Å². The fourth-order valence-electron chi connectivity index (χ4n) is 2.13. The third kappa shape index (κ3) is 5.84. The van der Waals surface area contributed by atoms with Crippen LogP contribution in [0.25, 0.3) is 0 Å². The van der Waals surface area contributed by atoms with Crippen LogP contribution in [0.3, 0.4) is 0 Å². The number of rotatable bonds is 8. The van der Waals surface area contributed by atoms with Gasteiger partial charge in [0.15, 0.2) is 0 Å². The summed E-state index contributed by atoms with van der Waals surface area (Å²) in [6.45, 7) is 5.62. The Labute approximate surface area is 127 Å². The average molecular weight is 309 g/mol. The highest BCUT2D eigenvalue weighted by molar-refractivity contribution is 7.88. The van der Waals surface area contributed by atoms with Gasteiger partial charge in [0.05, 0.1) is 17.9 Å². The van der Waals surface area contributed by atoms with Crippen molar-refractivity contribution in [2.24, 2.45) is 0 Å². The van der Waals surface area contributed by atoms with Crippen molar-refractivity contribution in [3.8, 4) is 6.07 Å². The van der Waals surface area contributed by atoms with Gasteiger partial charge in [0.25, 0.3) is 0 Å². The van der Waals surface area contributed by atoms with Crippen LogP contribution in [0.5, 0.6) is 0 Å². The zero-order valence-electron chi connectivity index (χ0n) is 12.8. The first-order valence-corrected chi connectivity index (χ1v) is 8.92. The second-order valence-electron chi connectivity index (χ2n) is 5.02. The molecule has 0 radical (unpaired) electrons. The Kier molecular flexibility index (Phi) is 6.82. The van der Waals surface area contributed by atoms with Gasteiger partial charge in [-0.1, -0.05) is 19.1 Å². The molecule has 1 unspecified atom stereocenters. The summed E-state index contributed by atoms with van der Waals surface area (Å²) in [5, 5.41) is 12.2. The van der Waals surface area contributed by atoms with E-state index in [1.165, 1.54) is 10.6 Å². The van der Waals surface area contributed by atoms with E-state index in [9.17, 15) is 8.42 Å². The minimum absolute atomic E-state index is 0.131. The van der Waals surface area contributed by atoms with Gasteiger partial charge in [-0.15, -0.1) is 0 Å². The van der Waals surface area contributed by atoms with Crippen molar-refractivity contribution in [2.45, 2.75) is 26.3 Å². The Morgan fingerprint density at radius 2 is 2.14 bits per heavy atom. The van der Waals surface area contributed by atoms with Crippen molar-refractivity contribution in [1.29, 1.82) is 5.26 Å². The molecule has 0 spiro atoms. The number of sulfonamides is 1. The van der Waals surface area contributed by atoms with Crippen LogP contribution in [0.1, 0.15) is 37.4 Å². The molecule has 5 nitrogen and oxygen atoms in total. The van der Waals surface area contributed by atoms with Crippen molar-refractivity contribution < 1.29 is 8.42 Å². The number of benzene rings is 1. The maximum atomic E-state index is 11.5. The number of nitriles is 1. The fraction of sp³-hybridized carbons (Fsp3) is 0.533. The number of nitrogens with zero attached hydrogens (tertiary/aromatic N) is 2. The molecule has 1 atom stereocenters. The van der Waals surface area contributed by atoms with E-state index < -0.39 is 10.0 Å². The molecule has 0 amide bonds. The largest absolute Gasteiger partial charge is 0.310 e. The Bertz CT molecular complexity index is 593. The predicted octanol–water partition coefficient (Wildman–Crippen LogP) is 1.88. The van der Waals surface area contributed by atoms with E-state index in [-0.39, 0.29) is 6.04 Å². The Morgan fingerprint density at radius 1 is 1.43 bits per heavy atom. The molecule has 0 aliphatic heterocycles. The van der Waals surface area contributed by atoms with E-state index in [4.69, 9.17) is 5.26 Å². The summed E-state index contributed by atoms with van der Waals surface area (Å²) < 4.78 is 24.4. The Balaban J connectivity index is 2.43. The second-order valence-corrected chi connectivity index (χ2v) is 7.00. The molecule has 0 heterocycles. The number of hydrogen-bond acceptors (Lipinski definition) is 4. The number of nitrogens with one attached hydrogen (secondary N) is 1. The minimum Gasteiger partial charge on any atom is -0.310 e. The minimum atomic E-state index is -3.11. The summed E-state index contributed by atoms with van der Waals surface area (Å²) in [7, 11) is -3.11. The van der Waals surface area contributed by atoms with Crippen LogP contribution in [-0.4, -0.2) is 38.6 Å². The third-order valence-corrected chi connectivity index (χ3v) is 4.75. The molecule has 1 aromatic rings. The van der Waals surface area contributed by atoms with Crippen molar-refractivity contribution in [1.82, 2.24) is 9.62 Å². The van der Waals surface area contributed by atoms with Gasteiger partial charge in [0, 0.05) is 19.1 Å². The van der Waals surface area contributed by atoms with Crippen molar-refractivity contribution in [3.63, 3.8) is 0 Å². The van der Waals surface area contributed by atoms with Gasteiger partial charge < -0.3 is 5.32 Å². The molecular formula is C15H23N3O2S. The normalized spacial score (nSPS) is 13.1. The molecule has 116 valence electrons. The van der Waals surface area contributed by atoms with E-state index in [0.717, 1.165) is 18.5 Å². The van der Waals surface area contributed by atoms with Gasteiger partial charge >= 0.3 is 0 Å². The molecule has 0 fully saturated rings. The smallest absolute Gasteiger partial charge is 0.211 e. The van der Waals surface area contributed by atoms with Crippen LogP contribution >= 0.6 is 0 Å². The molecule has 0 aromatic heterocycles. The SMILES string of the molecule is CCN(CCCNC(C)c1cccc(C#N)c1)S(C)(=O)=O. The van der Waals surface area contributed by atoms with E-state index in [1.807, 2.05) is 32.0 Å². The summed E-state index contributed by atoms with van der Waals surface area (Å²) in [5.41, 5.74) is 1.71. The summed E-state index contributed by atoms with van der Waals surface area (Å²) >= 11 is 0. The lowest BCUT2D eigenvalue weighted by atomic mass is 10.1. The van der Waals surface area contributed by atoms with Crippen LogP contribution in [0, 0.1) is 11.3 Å². The molecule has 1 N–H and O–H groups in total. The summed E-state index contributed by atoms with van der Waals surface area (Å²) in [6.07, 6.45) is 1.99. The maximum Gasteiger partial charge on any atom is 0.211 e. The highest BCUT2D eigenvalue weighted by atomic mass is 32.2. The van der Waals surface area contributed by atoms with Gasteiger partial charge in [-0.2, -0.15) is 5.26 Å². The average Bonchev–Trinajstić information content (AvgIpc) is 2.45. The zero-order chi connectivity index (χ0) is 15.9. The van der Waals surface area contributed by atoms with E-state index in [1.54, 1.807) is 6.07 Å². The molecular weight excluding hydrogens is 286 g/mol. The monoisotopic (exact) mass is 309 g/mol. The van der Waals surface area contributed by atoms with Gasteiger partial charge in [-0.05, 0) is 37.6 Å². The van der Waals surface area contributed by atoms with Crippen LogP contribution in [-0.2, 0) is 10.0 Å². The summed E-state index contributed by atoms with van der Waals surface area (Å²) in [5.74, 6) is 0. The molecule has 0 saturated heterocycles. The van der Waals surface area contributed by atoms with Crippen molar-refractivity contribution in [2.75, 3.05) is 25.9 Å². The molecule has 0 saturated carbocycles. The van der Waals surface area contributed by atoms with Gasteiger partial charge in [0.1, 0.15) is 0 Å². The molecule has 0 bridgehead atoms. The Morgan fingerprint density at radius 3 is 2.71 bits per heavy atom. The highest BCUT2D eigenvalue weighted by Gasteiger charge is 2.13. The summed E-state index contributed by atoms with van der Waals surface area (Å²) in [4.78, 5) is 0. The Hall–Kier alpha value is -1.42. The van der Waals surface area contributed by atoms with Crippen LogP contribution in [0.15, 0.2) is 24.3 Å². The quantitative estimate of drug-likeness (QED) is 0.744. The second kappa shape index (κ2) is 8.13. The van der Waals surface area contributed by atoms with E-state index >= 15 is 0 Å². The first-order chi connectivity index (χ1) is 9.88. The molecule has 1 aromatic carbocycles. The molecule has 0 aliphatic rings. The van der Waals surface area contributed by atoms with E-state index in [2.05, 4.69) is 11.4 Å². The predicted molar refractivity (Wildman–Crippen MR) is 84.3 cm³/mol. The van der Waals surface area contributed by atoms with Crippen molar-refractivity contribution >= 4 is 10.0 Å². The van der Waals surface area contributed by atoms with Crippen LogP contribution in [0.2, 0.25) is 0 Å². The third-order valence-electron chi connectivity index (χ3n) is 3.37. The van der Waals surface area contributed by atoms with Gasteiger partial charge in [-0.25, -0.2) is 12.7 Å². The lowest BCUT2D eigenvalue weighted by Gasteiger charge is -2.19. The molecule has 1 rings (SSSR count). The number of hydrogen-bond donors (Lipinski definition) is 1. The lowest BCUT2D eigenvalue weighted by molar-refractivity contribution is 0.413. The maximum absolute atomic E-state index is 11.5. The molecule has 6 heteroatoms. The van der Waals surface area contributed by atoms with Crippen LogP contribution < -0.4 is 5.32 Å². The van der Waals surface area contributed by atoms with E-state index in [0.29, 0.717) is 18.7 Å². The highest BCUT2D eigenvalue weighted by Crippen LogP contribution is 2.13. The topological polar surface area (TPSA) is 73.2 Å². The first kappa shape index (κ1) is 17.6. The van der Waals surface area contributed by atoms with Gasteiger partial charge in [0.2, 0.25) is 10.0 Å². The molecule has 0 aliphatic carbocycles. The van der Waals surface area contributed by atoms with Crippen molar-refractivity contribution in [3.05, 3.63) is 35.4 Å². The molecule has 21 heavy (non-hydrogen) atoms. The fourth-order valence-corrected chi connectivity index (χ4v) is 3.06.